The summed E-state index contributed by atoms with van der Waals surface area (Å²) in [6, 6.07) is 67.8. The van der Waals surface area contributed by atoms with Crippen LogP contribution in [-0.4, -0.2) is 15.0 Å². The van der Waals surface area contributed by atoms with Crippen LogP contribution in [0.5, 0.6) is 0 Å². The predicted octanol–water partition coefficient (Wildman–Crippen LogP) is 12.7. The predicted molar refractivity (Wildman–Crippen MR) is 229 cm³/mol. The normalized spacial score (nSPS) is 14.2. The fourth-order valence-corrected chi connectivity index (χ4v) is 9.60. The van der Waals surface area contributed by atoms with Crippen molar-refractivity contribution in [3.8, 4) is 56.4 Å². The average Bonchev–Trinajstić information content (AvgIpc) is 3.69. The minimum Gasteiger partial charge on any atom is -0.208 e. The zero-order chi connectivity index (χ0) is 37.4. The van der Waals surface area contributed by atoms with Gasteiger partial charge in [-0.1, -0.05) is 190 Å². The molecule has 0 bridgehead atoms. The molecular weight excluding hydrogens is 679 g/mol. The zero-order valence-electron chi connectivity index (χ0n) is 31.2. The van der Waals surface area contributed by atoms with Crippen molar-refractivity contribution < 1.29 is 0 Å². The molecule has 1 heterocycles. The molecule has 3 nitrogen and oxygen atoms in total. The lowest BCUT2D eigenvalue weighted by Gasteiger charge is -2.34. The first-order chi connectivity index (χ1) is 27.5. The molecule has 56 heavy (non-hydrogen) atoms. The van der Waals surface area contributed by atoms with E-state index in [1.54, 1.807) is 0 Å². The van der Waals surface area contributed by atoms with E-state index in [2.05, 4.69) is 202 Å². The Morgan fingerprint density at radius 2 is 0.804 bits per heavy atom. The fraction of sp³-hybridized carbons (Fsp3) is 0.0755. The minimum absolute atomic E-state index is 0.149. The highest BCUT2D eigenvalue weighted by atomic mass is 15.0. The highest BCUT2D eigenvalue weighted by Gasteiger charge is 2.46. The van der Waals surface area contributed by atoms with Crippen LogP contribution in [0.15, 0.2) is 188 Å². The number of benzene rings is 8. The molecule has 11 rings (SSSR count). The van der Waals surface area contributed by atoms with Gasteiger partial charge >= 0.3 is 0 Å². The molecule has 2 aliphatic rings. The largest absolute Gasteiger partial charge is 0.208 e. The van der Waals surface area contributed by atoms with E-state index in [1.165, 1.54) is 55.6 Å². The van der Waals surface area contributed by atoms with Gasteiger partial charge in [0.25, 0.3) is 0 Å². The summed E-state index contributed by atoms with van der Waals surface area (Å²) in [5.74, 6) is 1.97. The monoisotopic (exact) mass is 715 g/mol. The van der Waals surface area contributed by atoms with E-state index in [0.29, 0.717) is 17.5 Å². The molecule has 3 heteroatoms. The second-order valence-electron chi connectivity index (χ2n) is 15.6. The van der Waals surface area contributed by atoms with Gasteiger partial charge < -0.3 is 0 Å². The minimum atomic E-state index is -0.528. The van der Waals surface area contributed by atoms with Crippen LogP contribution < -0.4 is 0 Å². The molecule has 0 saturated carbocycles. The van der Waals surface area contributed by atoms with Crippen molar-refractivity contribution in [1.82, 2.24) is 15.0 Å². The summed E-state index contributed by atoms with van der Waals surface area (Å²) in [6.07, 6.45) is 0. The summed E-state index contributed by atoms with van der Waals surface area (Å²) in [5.41, 5.74) is 14.9. The molecule has 0 aliphatic heterocycles. The van der Waals surface area contributed by atoms with Crippen LogP contribution in [0.3, 0.4) is 0 Å². The number of rotatable bonds is 5. The Bertz CT molecular complexity index is 2950. The average molecular weight is 716 g/mol. The van der Waals surface area contributed by atoms with Gasteiger partial charge in [0, 0.05) is 22.1 Å². The number of hydrogen-bond donors (Lipinski definition) is 0. The van der Waals surface area contributed by atoms with Gasteiger partial charge in [-0.25, -0.2) is 15.0 Å². The van der Waals surface area contributed by atoms with Crippen LogP contribution in [0.1, 0.15) is 47.2 Å². The van der Waals surface area contributed by atoms with Crippen LogP contribution in [0.25, 0.3) is 67.2 Å². The Kier molecular flexibility index (Phi) is 7.11. The van der Waals surface area contributed by atoms with Gasteiger partial charge in [-0.05, 0) is 78.5 Å². The van der Waals surface area contributed by atoms with Crippen LogP contribution in [0.2, 0.25) is 0 Å². The maximum Gasteiger partial charge on any atom is 0.164 e. The molecule has 1 aromatic heterocycles. The molecule has 0 fully saturated rings. The van der Waals surface area contributed by atoms with E-state index in [9.17, 15) is 0 Å². The molecule has 2 aliphatic carbocycles. The number of nitrogens with zero attached hydrogens (tertiary/aromatic N) is 3. The molecular formula is C53H37N3. The topological polar surface area (TPSA) is 38.7 Å². The number of aromatic nitrogens is 3. The third-order valence-corrected chi connectivity index (χ3v) is 12.2. The Morgan fingerprint density at radius 3 is 1.48 bits per heavy atom. The van der Waals surface area contributed by atoms with E-state index < -0.39 is 5.41 Å². The van der Waals surface area contributed by atoms with Crippen molar-refractivity contribution in [3.63, 3.8) is 0 Å². The lowest BCUT2D eigenvalue weighted by atomic mass is 9.67. The van der Waals surface area contributed by atoms with Crippen LogP contribution in [0.4, 0.5) is 0 Å². The molecule has 264 valence electrons. The SMILES string of the molecule is CC1(C)c2ccccc2-c2ccc(-c3nc(-c4ccc5c(c4)C(c4ccccc4)(c4ccccc4)c4ccccc4-5)nc(-c4cccc5ccccc45)n3)cc21. The summed E-state index contributed by atoms with van der Waals surface area (Å²) in [4.78, 5) is 16.0. The van der Waals surface area contributed by atoms with Gasteiger partial charge in [0.1, 0.15) is 0 Å². The van der Waals surface area contributed by atoms with E-state index in [4.69, 9.17) is 15.0 Å². The molecule has 0 atom stereocenters. The molecule has 0 N–H and O–H groups in total. The van der Waals surface area contributed by atoms with E-state index in [0.717, 1.165) is 27.5 Å². The highest BCUT2D eigenvalue weighted by Crippen LogP contribution is 2.57. The first kappa shape index (κ1) is 32.5. The van der Waals surface area contributed by atoms with Crippen molar-refractivity contribution in [2.24, 2.45) is 0 Å². The molecule has 0 spiro atoms. The van der Waals surface area contributed by atoms with Crippen molar-refractivity contribution >= 4 is 10.8 Å². The van der Waals surface area contributed by atoms with Crippen LogP contribution in [-0.2, 0) is 10.8 Å². The maximum atomic E-state index is 5.35. The molecule has 9 aromatic rings. The summed E-state index contributed by atoms with van der Waals surface area (Å²) < 4.78 is 0. The smallest absolute Gasteiger partial charge is 0.164 e. The quantitative estimate of drug-likeness (QED) is 0.178. The molecule has 0 saturated heterocycles. The summed E-state index contributed by atoms with van der Waals surface area (Å²) in [5, 5.41) is 2.26. The lowest BCUT2D eigenvalue weighted by molar-refractivity contribution is 0.660. The highest BCUT2D eigenvalue weighted by molar-refractivity contribution is 5.96. The molecule has 0 unspecified atom stereocenters. The van der Waals surface area contributed by atoms with Gasteiger partial charge in [0.15, 0.2) is 17.5 Å². The van der Waals surface area contributed by atoms with Gasteiger partial charge in [0.05, 0.1) is 5.41 Å². The second-order valence-corrected chi connectivity index (χ2v) is 15.6. The molecule has 8 aromatic carbocycles. The standard InChI is InChI=1S/C53H37N3/c1-52(2)45-26-13-11-23-40(45)42-30-28-35(32-47(42)52)49-54-50(56-51(55-49)44-25-15-17-34-16-9-10-22-39(34)44)36-29-31-43-41-24-12-14-27-46(41)53(48(43)33-36,37-18-5-3-6-19-37)38-20-7-4-8-21-38/h3-33H,1-2H3. The van der Waals surface area contributed by atoms with Crippen molar-refractivity contribution in [2.75, 3.05) is 0 Å². The van der Waals surface area contributed by atoms with Crippen LogP contribution >= 0.6 is 0 Å². The zero-order valence-corrected chi connectivity index (χ0v) is 31.2. The number of hydrogen-bond acceptors (Lipinski definition) is 3. The van der Waals surface area contributed by atoms with Crippen LogP contribution in [0, 0.1) is 0 Å². The Labute approximate surface area is 327 Å². The van der Waals surface area contributed by atoms with E-state index in [-0.39, 0.29) is 5.41 Å². The third-order valence-electron chi connectivity index (χ3n) is 12.2. The first-order valence-corrected chi connectivity index (χ1v) is 19.4. The van der Waals surface area contributed by atoms with E-state index >= 15 is 0 Å². The van der Waals surface area contributed by atoms with E-state index in [1.807, 2.05) is 0 Å². The summed E-state index contributed by atoms with van der Waals surface area (Å²) >= 11 is 0. The number of fused-ring (bicyclic) bond motifs is 7. The molecule has 0 amide bonds. The van der Waals surface area contributed by atoms with Gasteiger partial charge in [0.2, 0.25) is 0 Å². The Morgan fingerprint density at radius 1 is 0.339 bits per heavy atom. The Hall–Kier alpha value is -6.97. The van der Waals surface area contributed by atoms with Crippen molar-refractivity contribution in [2.45, 2.75) is 24.7 Å². The summed E-state index contributed by atoms with van der Waals surface area (Å²) in [7, 11) is 0. The van der Waals surface area contributed by atoms with Gasteiger partial charge in [-0.3, -0.25) is 0 Å². The molecule has 0 radical (unpaired) electrons. The van der Waals surface area contributed by atoms with Crippen molar-refractivity contribution in [3.05, 3.63) is 221 Å². The van der Waals surface area contributed by atoms with Gasteiger partial charge in [-0.2, -0.15) is 0 Å². The fourth-order valence-electron chi connectivity index (χ4n) is 9.60. The maximum absolute atomic E-state index is 5.35. The first-order valence-electron chi connectivity index (χ1n) is 19.4. The Balaban J connectivity index is 1.16. The lowest BCUT2D eigenvalue weighted by Crippen LogP contribution is -2.28. The van der Waals surface area contributed by atoms with Crippen molar-refractivity contribution in [1.29, 1.82) is 0 Å². The second kappa shape index (κ2) is 12.3. The summed E-state index contributed by atoms with van der Waals surface area (Å²) in [6.45, 7) is 4.63. The van der Waals surface area contributed by atoms with Gasteiger partial charge in [-0.15, -0.1) is 0 Å². The third kappa shape index (κ3) is 4.67.